The SMILES string of the molecule is CN1[C@@H]2CC[C@H]1CC(OC(=O)c1cn(CC(F)F)c3ncccc13)C2. The van der Waals surface area contributed by atoms with Crippen LogP contribution in [0, 0.1) is 0 Å². The predicted octanol–water partition coefficient (Wildman–Crippen LogP) is 3.08. The van der Waals surface area contributed by atoms with Gasteiger partial charge in [-0.3, -0.25) is 0 Å². The van der Waals surface area contributed by atoms with Crippen LogP contribution in [0.25, 0.3) is 11.0 Å². The monoisotopic (exact) mass is 349 g/mol. The lowest BCUT2D eigenvalue weighted by atomic mass is 10.0. The zero-order valence-corrected chi connectivity index (χ0v) is 14.1. The minimum absolute atomic E-state index is 0.105. The molecule has 4 rings (SSSR count). The largest absolute Gasteiger partial charge is 0.459 e. The number of ether oxygens (including phenoxy) is 1. The van der Waals surface area contributed by atoms with E-state index >= 15 is 0 Å². The molecule has 2 saturated heterocycles. The maximum atomic E-state index is 12.8. The summed E-state index contributed by atoms with van der Waals surface area (Å²) in [5.74, 6) is -0.444. The second-order valence-corrected chi connectivity index (χ2v) is 7.01. The van der Waals surface area contributed by atoms with Crippen LogP contribution in [-0.2, 0) is 11.3 Å². The Hall–Kier alpha value is -2.02. The zero-order chi connectivity index (χ0) is 17.6. The number of hydrogen-bond donors (Lipinski definition) is 0. The van der Waals surface area contributed by atoms with Crippen molar-refractivity contribution >= 4 is 17.0 Å². The summed E-state index contributed by atoms with van der Waals surface area (Å²) in [6.45, 7) is -0.487. The van der Waals surface area contributed by atoms with Crippen molar-refractivity contribution in [2.45, 2.75) is 56.8 Å². The lowest BCUT2D eigenvalue weighted by molar-refractivity contribution is -0.000318. The molecule has 0 aliphatic carbocycles. The smallest absolute Gasteiger partial charge is 0.340 e. The quantitative estimate of drug-likeness (QED) is 0.796. The van der Waals surface area contributed by atoms with Gasteiger partial charge in [-0.25, -0.2) is 18.6 Å². The second kappa shape index (κ2) is 6.37. The van der Waals surface area contributed by atoms with Crippen molar-refractivity contribution in [1.29, 1.82) is 0 Å². The number of alkyl halides is 2. The highest BCUT2D eigenvalue weighted by Crippen LogP contribution is 2.36. The third kappa shape index (κ3) is 3.01. The molecule has 5 nitrogen and oxygen atoms in total. The number of halogens is 2. The van der Waals surface area contributed by atoms with Gasteiger partial charge < -0.3 is 14.2 Å². The molecule has 25 heavy (non-hydrogen) atoms. The van der Waals surface area contributed by atoms with E-state index in [1.54, 1.807) is 12.1 Å². The van der Waals surface area contributed by atoms with Gasteiger partial charge in [0.25, 0.3) is 6.43 Å². The third-order valence-electron chi connectivity index (χ3n) is 5.52. The lowest BCUT2D eigenvalue weighted by Crippen LogP contribution is -2.43. The van der Waals surface area contributed by atoms with E-state index < -0.39 is 18.9 Å². The van der Waals surface area contributed by atoms with Gasteiger partial charge in [-0.15, -0.1) is 0 Å². The number of carbonyl (C=O) groups excluding carboxylic acids is 1. The number of nitrogens with zero attached hydrogens (tertiary/aromatic N) is 3. The van der Waals surface area contributed by atoms with Crippen molar-refractivity contribution in [2.24, 2.45) is 0 Å². The highest BCUT2D eigenvalue weighted by molar-refractivity contribution is 6.03. The fourth-order valence-electron chi connectivity index (χ4n) is 4.25. The number of rotatable bonds is 4. The molecule has 3 atom stereocenters. The molecule has 0 N–H and O–H groups in total. The van der Waals surface area contributed by atoms with Gasteiger partial charge in [0, 0.05) is 42.7 Å². The number of aromatic nitrogens is 2. The molecule has 2 bridgehead atoms. The molecule has 2 aliphatic heterocycles. The van der Waals surface area contributed by atoms with Crippen LogP contribution in [0.4, 0.5) is 8.78 Å². The molecule has 2 aliphatic rings. The topological polar surface area (TPSA) is 47.4 Å². The number of piperidine rings is 1. The maximum absolute atomic E-state index is 12.8. The Bertz CT molecular complexity index is 778. The Morgan fingerprint density at radius 1 is 1.36 bits per heavy atom. The number of esters is 1. The van der Waals surface area contributed by atoms with Crippen LogP contribution in [0.2, 0.25) is 0 Å². The van der Waals surface area contributed by atoms with Gasteiger partial charge in [0.05, 0.1) is 12.1 Å². The molecule has 2 aromatic rings. The Balaban J connectivity index is 1.56. The third-order valence-corrected chi connectivity index (χ3v) is 5.52. The van der Waals surface area contributed by atoms with Gasteiger partial charge in [-0.05, 0) is 32.0 Å². The molecule has 2 fully saturated rings. The van der Waals surface area contributed by atoms with E-state index in [9.17, 15) is 13.6 Å². The van der Waals surface area contributed by atoms with Gasteiger partial charge in [-0.1, -0.05) is 0 Å². The Morgan fingerprint density at radius 2 is 2.08 bits per heavy atom. The van der Waals surface area contributed by atoms with Crippen LogP contribution >= 0.6 is 0 Å². The van der Waals surface area contributed by atoms with Crippen LogP contribution in [-0.4, -0.2) is 52.1 Å². The molecular formula is C18H21F2N3O2. The molecule has 4 heterocycles. The van der Waals surface area contributed by atoms with Crippen LogP contribution in [0.1, 0.15) is 36.0 Å². The van der Waals surface area contributed by atoms with Crippen LogP contribution in [0.3, 0.4) is 0 Å². The number of pyridine rings is 1. The van der Waals surface area contributed by atoms with Crippen molar-refractivity contribution < 1.29 is 18.3 Å². The second-order valence-electron chi connectivity index (χ2n) is 7.01. The molecule has 0 amide bonds. The number of hydrogen-bond acceptors (Lipinski definition) is 4. The lowest BCUT2D eigenvalue weighted by Gasteiger charge is -2.35. The Kier molecular flexibility index (Phi) is 4.19. The van der Waals surface area contributed by atoms with Crippen molar-refractivity contribution in [2.75, 3.05) is 7.05 Å². The summed E-state index contributed by atoms with van der Waals surface area (Å²) in [4.78, 5) is 19.2. The molecule has 0 spiro atoms. The summed E-state index contributed by atoms with van der Waals surface area (Å²) in [6, 6.07) is 4.36. The summed E-state index contributed by atoms with van der Waals surface area (Å²) >= 11 is 0. The number of fused-ring (bicyclic) bond motifs is 3. The van der Waals surface area contributed by atoms with Gasteiger partial charge in [0.15, 0.2) is 0 Å². The first kappa shape index (κ1) is 16.4. The average Bonchev–Trinajstić information content (AvgIpc) is 3.01. The first-order chi connectivity index (χ1) is 12.0. The fourth-order valence-corrected chi connectivity index (χ4v) is 4.25. The summed E-state index contributed by atoms with van der Waals surface area (Å²) in [5.41, 5.74) is 0.702. The van der Waals surface area contributed by atoms with Crippen LogP contribution in [0.15, 0.2) is 24.5 Å². The normalized spacial score (nSPS) is 26.5. The standard InChI is InChI=1S/C18H21F2N3O2/c1-22-11-4-5-12(22)8-13(7-11)25-18(24)15-9-23(10-16(19)20)17-14(15)3-2-6-21-17/h2-3,6,9,11-13,16H,4-5,7-8,10H2,1H3/t11-,12+,13?. The maximum Gasteiger partial charge on any atom is 0.340 e. The molecular weight excluding hydrogens is 328 g/mol. The highest BCUT2D eigenvalue weighted by Gasteiger charge is 2.40. The predicted molar refractivity (Wildman–Crippen MR) is 88.7 cm³/mol. The Labute approximate surface area is 144 Å². The van der Waals surface area contributed by atoms with Gasteiger partial charge in [-0.2, -0.15) is 0 Å². The van der Waals surface area contributed by atoms with Gasteiger partial charge in [0.1, 0.15) is 11.8 Å². The molecule has 2 aromatic heterocycles. The van der Waals surface area contributed by atoms with E-state index in [1.807, 2.05) is 0 Å². The molecule has 0 radical (unpaired) electrons. The number of carbonyl (C=O) groups is 1. The van der Waals surface area contributed by atoms with Gasteiger partial charge in [0.2, 0.25) is 0 Å². The summed E-state index contributed by atoms with van der Waals surface area (Å²) < 4.78 is 32.7. The minimum Gasteiger partial charge on any atom is -0.459 e. The molecule has 1 unspecified atom stereocenters. The highest BCUT2D eigenvalue weighted by atomic mass is 19.3. The van der Waals surface area contributed by atoms with Crippen molar-refractivity contribution in [1.82, 2.24) is 14.5 Å². The molecule has 0 saturated carbocycles. The van der Waals surface area contributed by atoms with Gasteiger partial charge >= 0.3 is 5.97 Å². The van der Waals surface area contributed by atoms with E-state index in [0.717, 1.165) is 25.7 Å². The summed E-state index contributed by atoms with van der Waals surface area (Å²) in [5, 5.41) is 0.559. The first-order valence-electron chi connectivity index (χ1n) is 8.68. The van der Waals surface area contributed by atoms with E-state index in [1.165, 1.54) is 17.0 Å². The minimum atomic E-state index is -2.51. The fraction of sp³-hybridized carbons (Fsp3) is 0.556. The van der Waals surface area contributed by atoms with Crippen molar-refractivity contribution in [3.05, 3.63) is 30.1 Å². The van der Waals surface area contributed by atoms with Crippen LogP contribution in [0.5, 0.6) is 0 Å². The molecule has 134 valence electrons. The van der Waals surface area contributed by atoms with Crippen molar-refractivity contribution in [3.63, 3.8) is 0 Å². The zero-order valence-electron chi connectivity index (χ0n) is 14.1. The summed E-state index contributed by atoms with van der Waals surface area (Å²) in [7, 11) is 2.13. The Morgan fingerprint density at radius 3 is 2.76 bits per heavy atom. The van der Waals surface area contributed by atoms with E-state index in [-0.39, 0.29) is 6.10 Å². The first-order valence-corrected chi connectivity index (χ1v) is 8.68. The molecule has 0 aromatic carbocycles. The average molecular weight is 349 g/mol. The summed E-state index contributed by atoms with van der Waals surface area (Å²) in [6.07, 6.45) is 4.33. The van der Waals surface area contributed by atoms with Crippen LogP contribution < -0.4 is 0 Å². The van der Waals surface area contributed by atoms with E-state index in [2.05, 4.69) is 16.9 Å². The van der Waals surface area contributed by atoms with E-state index in [4.69, 9.17) is 4.74 Å². The van der Waals surface area contributed by atoms with Crippen molar-refractivity contribution in [3.8, 4) is 0 Å². The van der Waals surface area contributed by atoms with E-state index in [0.29, 0.717) is 28.7 Å². The molecule has 7 heteroatoms.